The molecule has 0 aliphatic heterocycles. The first-order valence-electron chi connectivity index (χ1n) is 6.80. The lowest BCUT2D eigenvalue weighted by molar-refractivity contribution is 0.0938. The van der Waals surface area contributed by atoms with Crippen LogP contribution in [-0.2, 0) is 0 Å². The quantitative estimate of drug-likeness (QED) is 0.908. The molecule has 0 atom stereocenters. The summed E-state index contributed by atoms with van der Waals surface area (Å²) in [4.78, 5) is 30.9. The van der Waals surface area contributed by atoms with Crippen LogP contribution in [-0.4, -0.2) is 22.4 Å². The number of pyridine rings is 2. The number of carbonyl (C=O) groups is 1. The number of nitrogens with zero attached hydrogens (tertiary/aromatic N) is 1. The fourth-order valence-corrected chi connectivity index (χ4v) is 1.76. The first kappa shape index (κ1) is 15.0. The molecule has 0 aromatic carbocycles. The first-order chi connectivity index (χ1) is 9.87. The summed E-state index contributed by atoms with van der Waals surface area (Å²) in [6.45, 7) is 6.55. The molecule has 5 heteroatoms. The van der Waals surface area contributed by atoms with Gasteiger partial charge >= 0.3 is 0 Å². The Labute approximate surface area is 123 Å². The Hall–Kier alpha value is -2.43. The van der Waals surface area contributed by atoms with E-state index in [1.165, 1.54) is 6.07 Å². The van der Waals surface area contributed by atoms with Gasteiger partial charge in [0.15, 0.2) is 0 Å². The number of nitrogens with one attached hydrogen (secondary N) is 2. The van der Waals surface area contributed by atoms with E-state index in [9.17, 15) is 9.59 Å². The molecule has 21 heavy (non-hydrogen) atoms. The minimum absolute atomic E-state index is 0.0314. The Morgan fingerprint density at radius 1 is 1.24 bits per heavy atom. The van der Waals surface area contributed by atoms with Gasteiger partial charge in [0.2, 0.25) is 0 Å². The highest BCUT2D eigenvalue weighted by Crippen LogP contribution is 2.12. The summed E-state index contributed by atoms with van der Waals surface area (Å²) < 4.78 is 0. The van der Waals surface area contributed by atoms with E-state index in [1.54, 1.807) is 24.4 Å². The van der Waals surface area contributed by atoms with Crippen molar-refractivity contribution in [2.45, 2.75) is 20.8 Å². The van der Waals surface area contributed by atoms with E-state index in [-0.39, 0.29) is 16.9 Å². The molecule has 2 rings (SSSR count). The summed E-state index contributed by atoms with van der Waals surface area (Å²) in [5.41, 5.74) is 0.920. The van der Waals surface area contributed by atoms with Crippen LogP contribution in [0.1, 0.15) is 31.1 Å². The van der Waals surface area contributed by atoms with E-state index in [2.05, 4.69) is 15.3 Å². The third-order valence-corrected chi connectivity index (χ3v) is 2.87. The molecule has 110 valence electrons. The number of H-pyrrole nitrogens is 1. The number of aromatic nitrogens is 2. The van der Waals surface area contributed by atoms with Crippen LogP contribution < -0.4 is 10.9 Å². The molecule has 2 N–H and O–H groups in total. The third kappa shape index (κ3) is 4.02. The van der Waals surface area contributed by atoms with Crippen molar-refractivity contribution in [1.82, 2.24) is 15.3 Å². The molecule has 2 heterocycles. The lowest BCUT2D eigenvalue weighted by atomic mass is 9.97. The number of aromatic amines is 1. The van der Waals surface area contributed by atoms with Gasteiger partial charge in [0.25, 0.3) is 11.5 Å². The van der Waals surface area contributed by atoms with E-state index in [4.69, 9.17) is 0 Å². The molecule has 0 fully saturated rings. The molecule has 1 amide bonds. The fraction of sp³-hybridized carbons (Fsp3) is 0.312. The minimum Gasteiger partial charge on any atom is -0.351 e. The molecule has 0 spiro atoms. The van der Waals surface area contributed by atoms with Gasteiger partial charge in [0.05, 0.1) is 11.4 Å². The van der Waals surface area contributed by atoms with Gasteiger partial charge in [0, 0.05) is 12.7 Å². The lowest BCUT2D eigenvalue weighted by Gasteiger charge is -2.18. The van der Waals surface area contributed by atoms with Crippen molar-refractivity contribution in [3.63, 3.8) is 0 Å². The second kappa shape index (κ2) is 5.91. The Bertz CT molecular complexity index is 685. The molecule has 0 aliphatic carbocycles. The van der Waals surface area contributed by atoms with Crippen molar-refractivity contribution in [3.8, 4) is 11.4 Å². The summed E-state index contributed by atoms with van der Waals surface area (Å²) >= 11 is 0. The molecule has 0 saturated heterocycles. The van der Waals surface area contributed by atoms with Crippen LogP contribution >= 0.6 is 0 Å². The average Bonchev–Trinajstić information content (AvgIpc) is 2.45. The Morgan fingerprint density at radius 2 is 2.00 bits per heavy atom. The van der Waals surface area contributed by atoms with Gasteiger partial charge in [0.1, 0.15) is 5.56 Å². The number of hydrogen-bond donors (Lipinski definition) is 2. The maximum absolute atomic E-state index is 12.0. The van der Waals surface area contributed by atoms with Crippen molar-refractivity contribution in [1.29, 1.82) is 0 Å². The molecule has 0 aliphatic rings. The summed E-state index contributed by atoms with van der Waals surface area (Å²) in [5.74, 6) is -0.362. The third-order valence-electron chi connectivity index (χ3n) is 2.87. The van der Waals surface area contributed by atoms with Crippen LogP contribution in [0.2, 0.25) is 0 Å². The van der Waals surface area contributed by atoms with Crippen molar-refractivity contribution in [2.75, 3.05) is 6.54 Å². The second-order valence-corrected chi connectivity index (χ2v) is 6.07. The summed E-state index contributed by atoms with van der Waals surface area (Å²) in [5, 5.41) is 2.76. The molecule has 0 saturated carbocycles. The minimum atomic E-state index is -0.412. The van der Waals surface area contributed by atoms with Gasteiger partial charge in [-0.2, -0.15) is 0 Å². The van der Waals surface area contributed by atoms with E-state index in [0.717, 1.165) is 0 Å². The van der Waals surface area contributed by atoms with Crippen LogP contribution in [0.5, 0.6) is 0 Å². The SMILES string of the molecule is CC(C)(C)CNC(=O)c1ccc(-c2ccccn2)[nH]c1=O. The zero-order valence-corrected chi connectivity index (χ0v) is 12.4. The molecule has 5 nitrogen and oxygen atoms in total. The van der Waals surface area contributed by atoms with Crippen LogP contribution in [0, 0.1) is 5.41 Å². The van der Waals surface area contributed by atoms with E-state index >= 15 is 0 Å². The summed E-state index contributed by atoms with van der Waals surface area (Å²) in [7, 11) is 0. The number of carbonyl (C=O) groups excluding carboxylic acids is 1. The van der Waals surface area contributed by atoms with Crippen molar-refractivity contribution < 1.29 is 4.79 Å². The monoisotopic (exact) mass is 285 g/mol. The Morgan fingerprint density at radius 3 is 2.57 bits per heavy atom. The highest BCUT2D eigenvalue weighted by atomic mass is 16.2. The normalized spacial score (nSPS) is 11.2. The fourth-order valence-electron chi connectivity index (χ4n) is 1.76. The summed E-state index contributed by atoms with van der Waals surface area (Å²) in [6, 6.07) is 8.65. The average molecular weight is 285 g/mol. The smallest absolute Gasteiger partial charge is 0.261 e. The molecular weight excluding hydrogens is 266 g/mol. The van der Waals surface area contributed by atoms with E-state index < -0.39 is 5.56 Å². The van der Waals surface area contributed by atoms with Crippen LogP contribution in [0.4, 0.5) is 0 Å². The molecule has 0 bridgehead atoms. The lowest BCUT2D eigenvalue weighted by Crippen LogP contribution is -2.35. The molecule has 0 radical (unpaired) electrons. The predicted octanol–water partition coefficient (Wildman–Crippen LogP) is 2.21. The molecule has 2 aromatic heterocycles. The highest BCUT2D eigenvalue weighted by molar-refractivity contribution is 5.94. The largest absolute Gasteiger partial charge is 0.351 e. The zero-order valence-electron chi connectivity index (χ0n) is 12.4. The van der Waals surface area contributed by atoms with Crippen LogP contribution in [0.3, 0.4) is 0 Å². The highest BCUT2D eigenvalue weighted by Gasteiger charge is 2.15. The maximum Gasteiger partial charge on any atom is 0.261 e. The van der Waals surface area contributed by atoms with Crippen molar-refractivity contribution >= 4 is 5.91 Å². The topological polar surface area (TPSA) is 74.8 Å². The van der Waals surface area contributed by atoms with Gasteiger partial charge in [-0.25, -0.2) is 0 Å². The van der Waals surface area contributed by atoms with Crippen LogP contribution in [0.25, 0.3) is 11.4 Å². The summed E-state index contributed by atoms with van der Waals surface area (Å²) in [6.07, 6.45) is 1.65. The number of amides is 1. The van der Waals surface area contributed by atoms with E-state index in [1.807, 2.05) is 26.8 Å². The second-order valence-electron chi connectivity index (χ2n) is 6.07. The van der Waals surface area contributed by atoms with Crippen molar-refractivity contribution in [2.24, 2.45) is 5.41 Å². The first-order valence-corrected chi connectivity index (χ1v) is 6.80. The predicted molar refractivity (Wildman–Crippen MR) is 82.1 cm³/mol. The maximum atomic E-state index is 12.0. The van der Waals surface area contributed by atoms with Gasteiger partial charge in [-0.05, 0) is 29.7 Å². The zero-order chi connectivity index (χ0) is 15.5. The van der Waals surface area contributed by atoms with Crippen LogP contribution in [0.15, 0.2) is 41.3 Å². The van der Waals surface area contributed by atoms with Gasteiger partial charge in [-0.15, -0.1) is 0 Å². The van der Waals surface area contributed by atoms with Gasteiger partial charge < -0.3 is 10.3 Å². The molecule has 0 unspecified atom stereocenters. The van der Waals surface area contributed by atoms with E-state index in [0.29, 0.717) is 17.9 Å². The van der Waals surface area contributed by atoms with Crippen molar-refractivity contribution in [3.05, 3.63) is 52.4 Å². The van der Waals surface area contributed by atoms with Gasteiger partial charge in [-0.1, -0.05) is 26.8 Å². The standard InChI is InChI=1S/C16H19N3O2/c1-16(2,3)10-18-14(20)11-7-8-13(19-15(11)21)12-6-4-5-9-17-12/h4-9H,10H2,1-3H3,(H,18,20)(H,19,21). The number of rotatable bonds is 3. The Kier molecular flexibility index (Phi) is 4.21. The van der Waals surface area contributed by atoms with Gasteiger partial charge in [-0.3, -0.25) is 14.6 Å². The molecule has 2 aromatic rings. The number of hydrogen-bond acceptors (Lipinski definition) is 3. The Balaban J connectivity index is 2.20. The molecular formula is C16H19N3O2.